The summed E-state index contributed by atoms with van der Waals surface area (Å²) in [5, 5.41) is 15.8. The van der Waals surface area contributed by atoms with Gasteiger partial charge in [-0.1, -0.05) is 23.7 Å². The molecule has 0 radical (unpaired) electrons. The fourth-order valence-corrected chi connectivity index (χ4v) is 2.50. The summed E-state index contributed by atoms with van der Waals surface area (Å²) in [4.78, 5) is 27.1. The second-order valence-corrected chi connectivity index (χ2v) is 6.01. The number of aryl methyl sites for hydroxylation is 1. The van der Waals surface area contributed by atoms with Crippen LogP contribution in [0.2, 0.25) is 5.02 Å². The molecule has 0 aliphatic heterocycles. The van der Waals surface area contributed by atoms with Crippen molar-refractivity contribution in [3.63, 3.8) is 0 Å². The number of nitro benzene ring substituents is 1. The zero-order valence-electron chi connectivity index (χ0n) is 14.2. The van der Waals surface area contributed by atoms with Gasteiger partial charge >= 0.3 is 0 Å². The molecule has 0 bridgehead atoms. The minimum absolute atomic E-state index is 0.0848. The molecule has 0 atom stereocenters. The van der Waals surface area contributed by atoms with Crippen LogP contribution >= 0.6 is 11.6 Å². The molecule has 27 heavy (non-hydrogen) atoms. The average molecular weight is 384 g/mol. The zero-order valence-corrected chi connectivity index (χ0v) is 14.9. The maximum atomic E-state index is 12.3. The monoisotopic (exact) mass is 383 g/mol. The molecule has 0 unspecified atom stereocenters. The molecule has 3 aromatic rings. The second-order valence-electron chi connectivity index (χ2n) is 5.58. The van der Waals surface area contributed by atoms with Gasteiger partial charge in [0.2, 0.25) is 0 Å². The van der Waals surface area contributed by atoms with Crippen LogP contribution in [-0.4, -0.2) is 26.1 Å². The SMILES string of the molecule is Cn1ccnc1C(=NNC(=O)c1ccc(Cl)cc1)c1cccc([N+](=O)[O-])c1. The lowest BCUT2D eigenvalue weighted by atomic mass is 10.1. The molecule has 1 aromatic heterocycles. The molecule has 2 aromatic carbocycles. The van der Waals surface area contributed by atoms with Crippen LogP contribution in [0.3, 0.4) is 0 Å². The first-order valence-electron chi connectivity index (χ1n) is 7.82. The second kappa shape index (κ2) is 7.79. The minimum atomic E-state index is -0.494. The van der Waals surface area contributed by atoms with Gasteiger partial charge in [-0.15, -0.1) is 0 Å². The Kier molecular flexibility index (Phi) is 5.28. The van der Waals surface area contributed by atoms with Gasteiger partial charge in [0.05, 0.1) is 4.92 Å². The Hall–Kier alpha value is -3.52. The van der Waals surface area contributed by atoms with Crippen LogP contribution in [0, 0.1) is 10.1 Å². The Morgan fingerprint density at radius 1 is 1.22 bits per heavy atom. The average Bonchev–Trinajstić information content (AvgIpc) is 3.08. The highest BCUT2D eigenvalue weighted by Gasteiger charge is 2.16. The number of hydrogen-bond donors (Lipinski definition) is 1. The third-order valence-corrected chi connectivity index (χ3v) is 3.99. The van der Waals surface area contributed by atoms with Crippen LogP contribution in [0.25, 0.3) is 0 Å². The number of carbonyl (C=O) groups is 1. The van der Waals surface area contributed by atoms with Gasteiger partial charge in [-0.2, -0.15) is 5.10 Å². The zero-order chi connectivity index (χ0) is 19.4. The summed E-state index contributed by atoms with van der Waals surface area (Å²) in [5.74, 6) is 0.00992. The predicted octanol–water partition coefficient (Wildman–Crippen LogP) is 3.16. The number of hydrazone groups is 1. The van der Waals surface area contributed by atoms with Crippen molar-refractivity contribution < 1.29 is 9.72 Å². The van der Waals surface area contributed by atoms with E-state index in [0.29, 0.717) is 27.7 Å². The predicted molar refractivity (Wildman–Crippen MR) is 101 cm³/mol. The molecular formula is C18H14ClN5O3. The van der Waals surface area contributed by atoms with E-state index < -0.39 is 10.8 Å². The Morgan fingerprint density at radius 3 is 2.59 bits per heavy atom. The lowest BCUT2D eigenvalue weighted by Crippen LogP contribution is -2.22. The first-order valence-corrected chi connectivity index (χ1v) is 8.19. The van der Waals surface area contributed by atoms with Crippen LogP contribution in [0.1, 0.15) is 21.7 Å². The van der Waals surface area contributed by atoms with Gasteiger partial charge in [-0.25, -0.2) is 10.4 Å². The van der Waals surface area contributed by atoms with E-state index in [1.165, 1.54) is 12.1 Å². The molecule has 0 saturated heterocycles. The van der Waals surface area contributed by atoms with E-state index >= 15 is 0 Å². The molecular weight excluding hydrogens is 370 g/mol. The number of halogens is 1. The summed E-state index contributed by atoms with van der Waals surface area (Å²) in [7, 11) is 1.76. The maximum absolute atomic E-state index is 12.3. The number of hydrogen-bond acceptors (Lipinski definition) is 5. The summed E-state index contributed by atoms with van der Waals surface area (Å²) >= 11 is 5.82. The van der Waals surface area contributed by atoms with Gasteiger partial charge in [0, 0.05) is 47.7 Å². The molecule has 0 fully saturated rings. The van der Waals surface area contributed by atoms with Crippen molar-refractivity contribution in [2.24, 2.45) is 12.1 Å². The van der Waals surface area contributed by atoms with Gasteiger partial charge in [-0.05, 0) is 24.3 Å². The molecule has 1 N–H and O–H groups in total. The molecule has 9 heteroatoms. The van der Waals surface area contributed by atoms with Crippen molar-refractivity contribution >= 4 is 28.9 Å². The summed E-state index contributed by atoms with van der Waals surface area (Å²) in [6, 6.07) is 12.3. The fourth-order valence-electron chi connectivity index (χ4n) is 2.38. The molecule has 0 aliphatic rings. The molecule has 3 rings (SSSR count). The number of amides is 1. The highest BCUT2D eigenvalue weighted by molar-refractivity contribution is 6.30. The largest absolute Gasteiger partial charge is 0.333 e. The molecule has 0 spiro atoms. The Bertz CT molecular complexity index is 1030. The quantitative estimate of drug-likeness (QED) is 0.415. The number of carbonyl (C=O) groups excluding carboxylic acids is 1. The lowest BCUT2D eigenvalue weighted by Gasteiger charge is -2.08. The van der Waals surface area contributed by atoms with E-state index in [2.05, 4.69) is 15.5 Å². The number of aromatic nitrogens is 2. The number of imidazole rings is 1. The van der Waals surface area contributed by atoms with Crippen molar-refractivity contribution in [3.8, 4) is 0 Å². The summed E-state index contributed by atoms with van der Waals surface area (Å²) in [6.45, 7) is 0. The van der Waals surface area contributed by atoms with E-state index in [0.717, 1.165) is 0 Å². The highest BCUT2D eigenvalue weighted by atomic mass is 35.5. The molecule has 8 nitrogen and oxygen atoms in total. The number of benzene rings is 2. The Labute approximate surface area is 159 Å². The van der Waals surface area contributed by atoms with Gasteiger partial charge in [0.15, 0.2) is 5.82 Å². The minimum Gasteiger partial charge on any atom is -0.333 e. The summed E-state index contributed by atoms with van der Waals surface area (Å²) in [6.07, 6.45) is 3.28. The highest BCUT2D eigenvalue weighted by Crippen LogP contribution is 2.17. The van der Waals surface area contributed by atoms with Crippen LogP contribution in [0.5, 0.6) is 0 Å². The van der Waals surface area contributed by atoms with E-state index in [-0.39, 0.29) is 5.69 Å². The number of nitro groups is 1. The third-order valence-electron chi connectivity index (χ3n) is 3.74. The molecule has 1 amide bonds. The number of nitrogens with zero attached hydrogens (tertiary/aromatic N) is 4. The number of nitrogens with one attached hydrogen (secondary N) is 1. The number of non-ortho nitro benzene ring substituents is 1. The number of rotatable bonds is 5. The van der Waals surface area contributed by atoms with Gasteiger partial charge in [-0.3, -0.25) is 14.9 Å². The van der Waals surface area contributed by atoms with Crippen molar-refractivity contribution in [1.29, 1.82) is 0 Å². The van der Waals surface area contributed by atoms with Gasteiger partial charge in [0.25, 0.3) is 11.6 Å². The van der Waals surface area contributed by atoms with E-state index in [4.69, 9.17) is 11.6 Å². The Morgan fingerprint density at radius 2 is 1.96 bits per heavy atom. The normalized spacial score (nSPS) is 11.3. The summed E-state index contributed by atoms with van der Waals surface area (Å²) in [5.41, 5.74) is 3.51. The fraction of sp³-hybridized carbons (Fsp3) is 0.0556. The van der Waals surface area contributed by atoms with Crippen molar-refractivity contribution in [1.82, 2.24) is 15.0 Å². The van der Waals surface area contributed by atoms with Crippen LogP contribution in [0.15, 0.2) is 66.0 Å². The van der Waals surface area contributed by atoms with Crippen LogP contribution in [0.4, 0.5) is 5.69 Å². The summed E-state index contributed by atoms with van der Waals surface area (Å²) < 4.78 is 1.70. The Balaban J connectivity index is 1.98. The molecule has 1 heterocycles. The van der Waals surface area contributed by atoms with Crippen molar-refractivity contribution in [3.05, 3.63) is 93.0 Å². The van der Waals surface area contributed by atoms with Crippen LogP contribution in [-0.2, 0) is 7.05 Å². The van der Waals surface area contributed by atoms with E-state index in [1.807, 2.05) is 0 Å². The van der Waals surface area contributed by atoms with Crippen molar-refractivity contribution in [2.45, 2.75) is 0 Å². The molecule has 0 aliphatic carbocycles. The van der Waals surface area contributed by atoms with E-state index in [1.54, 1.807) is 60.4 Å². The topological polar surface area (TPSA) is 102 Å². The van der Waals surface area contributed by atoms with E-state index in [9.17, 15) is 14.9 Å². The van der Waals surface area contributed by atoms with Crippen LogP contribution < -0.4 is 5.43 Å². The molecule has 0 saturated carbocycles. The lowest BCUT2D eigenvalue weighted by molar-refractivity contribution is -0.384. The van der Waals surface area contributed by atoms with Gasteiger partial charge in [0.1, 0.15) is 5.71 Å². The van der Waals surface area contributed by atoms with Gasteiger partial charge < -0.3 is 4.57 Å². The first-order chi connectivity index (χ1) is 13.0. The molecule has 136 valence electrons. The van der Waals surface area contributed by atoms with Crippen molar-refractivity contribution in [2.75, 3.05) is 0 Å². The standard InChI is InChI=1S/C18H14ClN5O3/c1-23-10-9-20-17(23)16(13-3-2-4-15(11-13)24(26)27)21-22-18(25)12-5-7-14(19)8-6-12/h2-11H,1H3,(H,22,25). The first kappa shape index (κ1) is 18.3. The smallest absolute Gasteiger partial charge is 0.271 e. The third kappa shape index (κ3) is 4.18. The maximum Gasteiger partial charge on any atom is 0.271 e.